The first-order valence-corrected chi connectivity index (χ1v) is 8.94. The summed E-state index contributed by atoms with van der Waals surface area (Å²) in [5.41, 5.74) is 0.578. The third kappa shape index (κ3) is 3.81. The number of amides is 2. The summed E-state index contributed by atoms with van der Waals surface area (Å²) in [6.45, 7) is 3.09. The van der Waals surface area contributed by atoms with Gasteiger partial charge < -0.3 is 19.7 Å². The van der Waals surface area contributed by atoms with Crippen molar-refractivity contribution in [1.29, 1.82) is 0 Å². The van der Waals surface area contributed by atoms with E-state index in [9.17, 15) is 14.4 Å². The minimum Gasteiger partial charge on any atom is -0.493 e. The molecule has 1 aliphatic heterocycles. The number of nitrogens with zero attached hydrogens (tertiary/aromatic N) is 1. The van der Waals surface area contributed by atoms with Crippen LogP contribution in [0.4, 0.5) is 0 Å². The second kappa shape index (κ2) is 7.76. The zero-order valence-electron chi connectivity index (χ0n) is 15.1. The highest BCUT2D eigenvalue weighted by molar-refractivity contribution is 6.00. The van der Waals surface area contributed by atoms with Gasteiger partial charge in [0.2, 0.25) is 5.91 Å². The number of esters is 1. The summed E-state index contributed by atoms with van der Waals surface area (Å²) in [6.07, 6.45) is 3.50. The van der Waals surface area contributed by atoms with Gasteiger partial charge in [-0.25, -0.2) is 4.79 Å². The third-order valence-corrected chi connectivity index (χ3v) is 5.04. The van der Waals surface area contributed by atoms with E-state index >= 15 is 0 Å². The largest absolute Gasteiger partial charge is 0.493 e. The third-order valence-electron chi connectivity index (χ3n) is 5.04. The molecule has 0 radical (unpaired) electrons. The van der Waals surface area contributed by atoms with Crippen LogP contribution in [0.15, 0.2) is 18.2 Å². The van der Waals surface area contributed by atoms with Crippen molar-refractivity contribution in [1.82, 2.24) is 10.2 Å². The van der Waals surface area contributed by atoms with Crippen LogP contribution in [0.3, 0.4) is 0 Å². The predicted molar refractivity (Wildman–Crippen MR) is 94.1 cm³/mol. The number of ether oxygens (including phenoxy) is 2. The second-order valence-corrected chi connectivity index (χ2v) is 6.81. The van der Waals surface area contributed by atoms with Gasteiger partial charge in [-0.05, 0) is 43.9 Å². The van der Waals surface area contributed by atoms with E-state index in [0.29, 0.717) is 36.9 Å². The maximum atomic E-state index is 12.9. The molecule has 0 bridgehead atoms. The summed E-state index contributed by atoms with van der Waals surface area (Å²) < 4.78 is 10.6. The fourth-order valence-electron chi connectivity index (χ4n) is 3.14. The van der Waals surface area contributed by atoms with Gasteiger partial charge in [0, 0.05) is 18.7 Å². The highest BCUT2D eigenvalue weighted by atomic mass is 16.5. The van der Waals surface area contributed by atoms with Crippen LogP contribution < -0.4 is 10.1 Å². The standard InChI is InChI=1S/C19H24N2O5/c1-12-17(22)20-6-7-21(12)18(23)14-8-15(19(24)25-2)10-16(9-14)26-11-13-4-3-5-13/h8-10,12-13H,3-7,11H2,1-2H3,(H,20,22). The number of carbonyl (C=O) groups is 3. The van der Waals surface area contributed by atoms with Crippen LogP contribution >= 0.6 is 0 Å². The minimum atomic E-state index is -0.558. The van der Waals surface area contributed by atoms with Crippen LogP contribution in [0.1, 0.15) is 46.9 Å². The summed E-state index contributed by atoms with van der Waals surface area (Å²) in [7, 11) is 1.29. The first-order chi connectivity index (χ1) is 12.5. The summed E-state index contributed by atoms with van der Waals surface area (Å²) in [4.78, 5) is 38.2. The molecule has 1 aromatic carbocycles. The number of carbonyl (C=O) groups excluding carboxylic acids is 3. The van der Waals surface area contributed by atoms with Crippen molar-refractivity contribution < 1.29 is 23.9 Å². The van der Waals surface area contributed by atoms with Gasteiger partial charge >= 0.3 is 5.97 Å². The highest BCUT2D eigenvalue weighted by Crippen LogP contribution is 2.28. The van der Waals surface area contributed by atoms with Crippen molar-refractivity contribution in [3.8, 4) is 5.75 Å². The van der Waals surface area contributed by atoms with Crippen LogP contribution in [0.25, 0.3) is 0 Å². The van der Waals surface area contributed by atoms with Crippen LogP contribution in [0, 0.1) is 5.92 Å². The monoisotopic (exact) mass is 360 g/mol. The van der Waals surface area contributed by atoms with Crippen molar-refractivity contribution in [3.63, 3.8) is 0 Å². The van der Waals surface area contributed by atoms with Gasteiger partial charge in [-0.15, -0.1) is 0 Å². The number of rotatable bonds is 5. The molecular formula is C19H24N2O5. The van der Waals surface area contributed by atoms with Crippen molar-refractivity contribution >= 4 is 17.8 Å². The number of hydrogen-bond donors (Lipinski definition) is 1. The Labute approximate surface area is 152 Å². The SMILES string of the molecule is COC(=O)c1cc(OCC2CCC2)cc(C(=O)N2CCNC(=O)C2C)c1. The molecule has 1 saturated heterocycles. The molecule has 3 rings (SSSR count). The Kier molecular flexibility index (Phi) is 5.44. The van der Waals surface area contributed by atoms with Gasteiger partial charge in [-0.2, -0.15) is 0 Å². The van der Waals surface area contributed by atoms with Gasteiger partial charge in [0.15, 0.2) is 0 Å². The topological polar surface area (TPSA) is 84.9 Å². The summed E-state index contributed by atoms with van der Waals surface area (Å²) in [5.74, 6) is -0.0154. The molecule has 2 amide bonds. The number of benzene rings is 1. The lowest BCUT2D eigenvalue weighted by atomic mass is 9.86. The lowest BCUT2D eigenvalue weighted by Crippen LogP contribution is -2.55. The van der Waals surface area contributed by atoms with E-state index in [-0.39, 0.29) is 17.4 Å². The van der Waals surface area contributed by atoms with E-state index in [1.165, 1.54) is 24.5 Å². The van der Waals surface area contributed by atoms with Crippen LogP contribution in [0.2, 0.25) is 0 Å². The van der Waals surface area contributed by atoms with E-state index in [0.717, 1.165) is 12.8 Å². The Hall–Kier alpha value is -2.57. The molecule has 1 atom stereocenters. The molecule has 1 aliphatic carbocycles. The second-order valence-electron chi connectivity index (χ2n) is 6.81. The maximum absolute atomic E-state index is 12.9. The van der Waals surface area contributed by atoms with E-state index in [1.54, 1.807) is 19.1 Å². The smallest absolute Gasteiger partial charge is 0.338 e. The van der Waals surface area contributed by atoms with Crippen LogP contribution in [-0.2, 0) is 9.53 Å². The first-order valence-electron chi connectivity index (χ1n) is 8.94. The predicted octanol–water partition coefficient (Wildman–Crippen LogP) is 1.61. The van der Waals surface area contributed by atoms with Gasteiger partial charge in [-0.1, -0.05) is 6.42 Å². The molecule has 2 aliphatic rings. The number of piperazine rings is 1. The van der Waals surface area contributed by atoms with Crippen molar-refractivity contribution in [2.45, 2.75) is 32.2 Å². The van der Waals surface area contributed by atoms with E-state index in [1.807, 2.05) is 0 Å². The molecule has 26 heavy (non-hydrogen) atoms. The lowest BCUT2D eigenvalue weighted by Gasteiger charge is -2.33. The van der Waals surface area contributed by atoms with E-state index < -0.39 is 12.0 Å². The molecule has 7 nitrogen and oxygen atoms in total. The Bertz CT molecular complexity index is 714. The van der Waals surface area contributed by atoms with E-state index in [4.69, 9.17) is 9.47 Å². The minimum absolute atomic E-state index is 0.185. The normalized spacial score (nSPS) is 20.2. The van der Waals surface area contributed by atoms with Gasteiger partial charge in [0.05, 0.1) is 19.3 Å². The number of methoxy groups -OCH3 is 1. The van der Waals surface area contributed by atoms with Crippen molar-refractivity contribution in [2.24, 2.45) is 5.92 Å². The molecule has 140 valence electrons. The molecule has 1 N–H and O–H groups in total. The Morgan fingerprint density at radius 2 is 1.96 bits per heavy atom. The summed E-state index contributed by atoms with van der Waals surface area (Å²) >= 11 is 0. The zero-order chi connectivity index (χ0) is 18.7. The summed E-state index contributed by atoms with van der Waals surface area (Å²) in [5, 5.41) is 2.73. The van der Waals surface area contributed by atoms with Crippen molar-refractivity contribution in [3.05, 3.63) is 29.3 Å². The molecule has 1 saturated carbocycles. The average Bonchev–Trinajstić information content (AvgIpc) is 2.61. The molecule has 1 unspecified atom stereocenters. The highest BCUT2D eigenvalue weighted by Gasteiger charge is 2.30. The molecule has 1 aromatic rings. The van der Waals surface area contributed by atoms with Gasteiger partial charge in [-0.3, -0.25) is 9.59 Å². The molecule has 1 heterocycles. The van der Waals surface area contributed by atoms with Gasteiger partial charge in [0.1, 0.15) is 11.8 Å². The Morgan fingerprint density at radius 3 is 2.62 bits per heavy atom. The van der Waals surface area contributed by atoms with Crippen LogP contribution in [-0.4, -0.2) is 55.5 Å². The van der Waals surface area contributed by atoms with Crippen LogP contribution in [0.5, 0.6) is 5.75 Å². The molecule has 0 aromatic heterocycles. The fraction of sp³-hybridized carbons (Fsp3) is 0.526. The molecule has 2 fully saturated rings. The average molecular weight is 360 g/mol. The van der Waals surface area contributed by atoms with Crippen molar-refractivity contribution in [2.75, 3.05) is 26.8 Å². The Balaban J connectivity index is 1.84. The molecule has 0 spiro atoms. The molecular weight excluding hydrogens is 336 g/mol. The first kappa shape index (κ1) is 18.2. The number of hydrogen-bond acceptors (Lipinski definition) is 5. The summed E-state index contributed by atoms with van der Waals surface area (Å²) in [6, 6.07) is 4.15. The van der Waals surface area contributed by atoms with E-state index in [2.05, 4.69) is 5.32 Å². The Morgan fingerprint density at radius 1 is 1.23 bits per heavy atom. The lowest BCUT2D eigenvalue weighted by molar-refractivity contribution is -0.127. The molecule has 7 heteroatoms. The van der Waals surface area contributed by atoms with Gasteiger partial charge in [0.25, 0.3) is 5.91 Å². The zero-order valence-corrected chi connectivity index (χ0v) is 15.1. The fourth-order valence-corrected chi connectivity index (χ4v) is 3.14. The quantitative estimate of drug-likeness (QED) is 0.807. The maximum Gasteiger partial charge on any atom is 0.338 e. The number of nitrogens with one attached hydrogen (secondary N) is 1.